The Kier molecular flexibility index (Phi) is 4.60. The van der Waals surface area contributed by atoms with Gasteiger partial charge in [0.2, 0.25) is 5.95 Å². The van der Waals surface area contributed by atoms with Crippen molar-refractivity contribution in [2.75, 3.05) is 10.6 Å². The van der Waals surface area contributed by atoms with Crippen molar-refractivity contribution in [2.24, 2.45) is 0 Å². The Morgan fingerprint density at radius 3 is 2.70 bits per heavy atom. The Morgan fingerprint density at radius 2 is 2.07 bits per heavy atom. The molecule has 0 atom stereocenters. The maximum Gasteiger partial charge on any atom is 0.416 e. The predicted octanol–water partition coefficient (Wildman–Crippen LogP) is 2.45. The van der Waals surface area contributed by atoms with E-state index in [2.05, 4.69) is 20.7 Å². The Hall–Kier alpha value is -3.37. The van der Waals surface area contributed by atoms with Crippen molar-refractivity contribution in [1.82, 2.24) is 14.6 Å². The van der Waals surface area contributed by atoms with E-state index in [4.69, 9.17) is 0 Å². The second-order valence-corrected chi connectivity index (χ2v) is 6.04. The molecule has 0 aliphatic heterocycles. The lowest BCUT2D eigenvalue weighted by Crippen LogP contribution is -2.27. The molecule has 0 saturated carbocycles. The van der Waals surface area contributed by atoms with Crippen LogP contribution in [0.25, 0.3) is 5.65 Å². The predicted molar refractivity (Wildman–Crippen MR) is 90.1 cm³/mol. The largest absolute Gasteiger partial charge is 0.619 e. The molecule has 3 aromatic heterocycles. The molecule has 2 N–H and O–H groups in total. The van der Waals surface area contributed by atoms with Crippen LogP contribution >= 0.6 is 0 Å². The van der Waals surface area contributed by atoms with E-state index < -0.39 is 17.6 Å². The van der Waals surface area contributed by atoms with Gasteiger partial charge in [-0.05, 0) is 32.0 Å². The lowest BCUT2D eigenvalue weighted by atomic mass is 10.2. The molecule has 1 amide bonds. The average molecular weight is 380 g/mol. The van der Waals surface area contributed by atoms with Crippen molar-refractivity contribution in [3.63, 3.8) is 0 Å². The first-order valence-corrected chi connectivity index (χ1v) is 7.88. The van der Waals surface area contributed by atoms with E-state index in [1.807, 2.05) is 0 Å². The molecule has 0 spiro atoms. The Balaban J connectivity index is 1.99. The number of pyridine rings is 2. The zero-order valence-corrected chi connectivity index (χ0v) is 14.3. The van der Waals surface area contributed by atoms with Gasteiger partial charge in [-0.15, -0.1) is 5.10 Å². The van der Waals surface area contributed by atoms with Gasteiger partial charge in [0.1, 0.15) is 11.4 Å². The van der Waals surface area contributed by atoms with Gasteiger partial charge in [-0.1, -0.05) is 0 Å². The molecule has 27 heavy (non-hydrogen) atoms. The summed E-state index contributed by atoms with van der Waals surface area (Å²) in [7, 11) is 0. The van der Waals surface area contributed by atoms with E-state index in [-0.39, 0.29) is 29.0 Å². The molecule has 142 valence electrons. The van der Waals surface area contributed by atoms with Gasteiger partial charge in [0.15, 0.2) is 18.0 Å². The van der Waals surface area contributed by atoms with Crippen LogP contribution in [0.5, 0.6) is 0 Å². The van der Waals surface area contributed by atoms with Crippen LogP contribution in [0, 0.1) is 5.21 Å². The highest BCUT2D eigenvalue weighted by Crippen LogP contribution is 2.32. The van der Waals surface area contributed by atoms with Gasteiger partial charge < -0.3 is 10.5 Å². The summed E-state index contributed by atoms with van der Waals surface area (Å²) in [6.07, 6.45) is -2.29. The molecule has 0 radical (unpaired) electrons. The minimum absolute atomic E-state index is 0.0582. The molecule has 11 heteroatoms. The standard InChI is InChI=1S/C16H15F3N6O2/c1-9(2)20-12-6-11(16(17,18)19)7-13-21-15(23-25(12)13)22-14(26)10-4-3-5-24(27)8-10/h3-9,20H,1-2H3,(H,22,23,26). The second kappa shape index (κ2) is 6.74. The molecule has 0 unspecified atom stereocenters. The molecule has 3 heterocycles. The topological polar surface area (TPSA) is 98.3 Å². The number of hydrogen-bond acceptors (Lipinski definition) is 5. The minimum Gasteiger partial charge on any atom is -0.619 e. The van der Waals surface area contributed by atoms with E-state index in [9.17, 15) is 23.2 Å². The number of alkyl halides is 3. The van der Waals surface area contributed by atoms with Gasteiger partial charge in [0.25, 0.3) is 5.91 Å². The number of nitrogens with zero attached hydrogens (tertiary/aromatic N) is 4. The van der Waals surface area contributed by atoms with Gasteiger partial charge in [0.05, 0.1) is 5.56 Å². The summed E-state index contributed by atoms with van der Waals surface area (Å²) in [5.41, 5.74) is -0.919. The number of rotatable bonds is 4. The lowest BCUT2D eigenvalue weighted by Gasteiger charge is -2.14. The number of fused-ring (bicyclic) bond motifs is 1. The van der Waals surface area contributed by atoms with E-state index in [0.29, 0.717) is 4.73 Å². The average Bonchev–Trinajstić information content (AvgIpc) is 2.96. The maximum absolute atomic E-state index is 13.1. The van der Waals surface area contributed by atoms with Crippen LogP contribution in [0.3, 0.4) is 0 Å². The number of amides is 1. The Labute approximate surface area is 151 Å². The smallest absolute Gasteiger partial charge is 0.416 e. The molecule has 0 fully saturated rings. The van der Waals surface area contributed by atoms with Crippen LogP contribution in [0.4, 0.5) is 24.9 Å². The quantitative estimate of drug-likeness (QED) is 0.535. The number of halogens is 3. The van der Waals surface area contributed by atoms with E-state index in [0.717, 1.165) is 18.3 Å². The molecule has 0 saturated heterocycles. The summed E-state index contributed by atoms with van der Waals surface area (Å²) in [5.74, 6) is -0.766. The van der Waals surface area contributed by atoms with Crippen LogP contribution in [0.1, 0.15) is 29.8 Å². The fraction of sp³-hybridized carbons (Fsp3) is 0.250. The molecular formula is C16H15F3N6O2. The lowest BCUT2D eigenvalue weighted by molar-refractivity contribution is -0.605. The van der Waals surface area contributed by atoms with Crippen molar-refractivity contribution in [2.45, 2.75) is 26.1 Å². The van der Waals surface area contributed by atoms with Crippen LogP contribution in [0.15, 0.2) is 36.7 Å². The molecule has 8 nitrogen and oxygen atoms in total. The fourth-order valence-corrected chi connectivity index (χ4v) is 2.36. The molecule has 0 aliphatic carbocycles. The number of carbonyl (C=O) groups is 1. The van der Waals surface area contributed by atoms with Crippen molar-refractivity contribution < 1.29 is 22.7 Å². The van der Waals surface area contributed by atoms with Crippen LogP contribution in [0.2, 0.25) is 0 Å². The van der Waals surface area contributed by atoms with Crippen LogP contribution in [-0.4, -0.2) is 26.5 Å². The summed E-state index contributed by atoms with van der Waals surface area (Å²) in [6.45, 7) is 3.53. The Morgan fingerprint density at radius 1 is 1.33 bits per heavy atom. The van der Waals surface area contributed by atoms with Gasteiger partial charge in [-0.25, -0.2) is 0 Å². The summed E-state index contributed by atoms with van der Waals surface area (Å²) < 4.78 is 41.0. The third-order valence-electron chi connectivity index (χ3n) is 3.46. The third kappa shape index (κ3) is 4.07. The zero-order valence-electron chi connectivity index (χ0n) is 14.3. The highest BCUT2D eigenvalue weighted by atomic mass is 19.4. The monoisotopic (exact) mass is 380 g/mol. The number of anilines is 2. The van der Waals surface area contributed by atoms with Crippen LogP contribution in [-0.2, 0) is 6.18 Å². The summed E-state index contributed by atoms with van der Waals surface area (Å²) in [6, 6.07) is 4.40. The number of nitrogens with one attached hydrogen (secondary N) is 2. The molecule has 0 bridgehead atoms. The summed E-state index contributed by atoms with van der Waals surface area (Å²) in [5, 5.41) is 20.5. The summed E-state index contributed by atoms with van der Waals surface area (Å²) >= 11 is 0. The van der Waals surface area contributed by atoms with Crippen molar-refractivity contribution in [3.8, 4) is 0 Å². The first-order chi connectivity index (χ1) is 12.6. The van der Waals surface area contributed by atoms with E-state index in [1.54, 1.807) is 13.8 Å². The number of aromatic nitrogens is 4. The molecule has 3 rings (SSSR count). The Bertz CT molecular complexity index is 999. The third-order valence-corrected chi connectivity index (χ3v) is 3.46. The van der Waals surface area contributed by atoms with Gasteiger partial charge >= 0.3 is 6.18 Å². The van der Waals surface area contributed by atoms with Crippen LogP contribution < -0.4 is 15.4 Å². The fourth-order valence-electron chi connectivity index (χ4n) is 2.36. The van der Waals surface area contributed by atoms with Crippen molar-refractivity contribution >= 4 is 23.3 Å². The second-order valence-electron chi connectivity index (χ2n) is 6.04. The molecular weight excluding hydrogens is 365 g/mol. The maximum atomic E-state index is 13.1. The van der Waals surface area contributed by atoms with Gasteiger partial charge in [-0.2, -0.15) is 27.4 Å². The normalized spacial score (nSPS) is 11.8. The number of carbonyl (C=O) groups excluding carboxylic acids is 1. The minimum atomic E-state index is -4.56. The highest BCUT2D eigenvalue weighted by Gasteiger charge is 2.32. The first kappa shape index (κ1) is 18.4. The SMILES string of the molecule is CC(C)Nc1cc(C(F)(F)F)cc2nc(NC(=O)c3ccc[n+]([O-])c3)nn12. The van der Waals surface area contributed by atoms with Crippen molar-refractivity contribution in [3.05, 3.63) is 53.0 Å². The molecule has 0 aromatic carbocycles. The zero-order chi connectivity index (χ0) is 19.8. The highest BCUT2D eigenvalue weighted by molar-refractivity contribution is 6.03. The molecule has 3 aromatic rings. The van der Waals surface area contributed by atoms with Gasteiger partial charge in [-0.3, -0.25) is 10.1 Å². The van der Waals surface area contributed by atoms with Gasteiger partial charge in [0, 0.05) is 12.1 Å². The first-order valence-electron chi connectivity index (χ1n) is 7.88. The van der Waals surface area contributed by atoms with E-state index in [1.165, 1.54) is 22.8 Å². The van der Waals surface area contributed by atoms with Crippen molar-refractivity contribution in [1.29, 1.82) is 0 Å². The summed E-state index contributed by atoms with van der Waals surface area (Å²) in [4.78, 5) is 16.1. The van der Waals surface area contributed by atoms with E-state index >= 15 is 0 Å². The molecule has 0 aliphatic rings. The number of hydrogen-bond donors (Lipinski definition) is 2.